The van der Waals surface area contributed by atoms with Gasteiger partial charge >= 0.3 is 6.03 Å². The number of anilines is 3. The minimum Gasteiger partial charge on any atom is -0.399 e. The number of nitrogens with zero attached hydrogens (tertiary/aromatic N) is 1. The fourth-order valence-corrected chi connectivity index (χ4v) is 1.53. The average molecular weight is 272 g/mol. The molecule has 7 heteroatoms. The molecule has 2 aromatic rings. The Balaban J connectivity index is 1.97. The number of nitro benzene ring substituents is 1. The van der Waals surface area contributed by atoms with Gasteiger partial charge in [0.05, 0.1) is 4.92 Å². The number of hydrogen-bond donors (Lipinski definition) is 3. The molecule has 2 aromatic carbocycles. The van der Waals surface area contributed by atoms with Crippen LogP contribution in [-0.4, -0.2) is 11.0 Å². The third-order valence-corrected chi connectivity index (χ3v) is 2.50. The number of nitro groups is 1. The average Bonchev–Trinajstić information content (AvgIpc) is 2.42. The first-order valence-electron chi connectivity index (χ1n) is 5.72. The first kappa shape index (κ1) is 13.3. The van der Waals surface area contributed by atoms with Crippen molar-refractivity contribution in [3.63, 3.8) is 0 Å². The number of nitrogens with two attached hydrogens (primary N) is 1. The lowest BCUT2D eigenvalue weighted by Gasteiger charge is -2.07. The molecule has 0 aliphatic carbocycles. The highest BCUT2D eigenvalue weighted by molar-refractivity contribution is 5.99. The van der Waals surface area contributed by atoms with Crippen LogP contribution in [-0.2, 0) is 0 Å². The van der Waals surface area contributed by atoms with Crippen LogP contribution in [0.15, 0.2) is 48.5 Å². The monoisotopic (exact) mass is 272 g/mol. The zero-order valence-corrected chi connectivity index (χ0v) is 10.4. The van der Waals surface area contributed by atoms with E-state index in [0.717, 1.165) is 0 Å². The maximum atomic E-state index is 11.7. The van der Waals surface area contributed by atoms with Crippen LogP contribution in [0, 0.1) is 10.1 Å². The highest BCUT2D eigenvalue weighted by Crippen LogP contribution is 2.16. The van der Waals surface area contributed by atoms with Gasteiger partial charge in [0.2, 0.25) is 0 Å². The number of nitrogens with one attached hydrogen (secondary N) is 2. The van der Waals surface area contributed by atoms with E-state index in [4.69, 9.17) is 5.73 Å². The number of benzene rings is 2. The van der Waals surface area contributed by atoms with Crippen LogP contribution in [0.4, 0.5) is 27.5 Å². The van der Waals surface area contributed by atoms with E-state index in [1.165, 1.54) is 24.3 Å². The Hall–Kier alpha value is -3.09. The molecule has 0 saturated carbocycles. The summed E-state index contributed by atoms with van der Waals surface area (Å²) in [5.41, 5.74) is 7.16. The van der Waals surface area contributed by atoms with E-state index in [9.17, 15) is 14.9 Å². The Morgan fingerprint density at radius 2 is 1.40 bits per heavy atom. The summed E-state index contributed by atoms with van der Waals surface area (Å²) < 4.78 is 0. The number of carbonyl (C=O) groups excluding carboxylic acids is 1. The van der Waals surface area contributed by atoms with Crippen LogP contribution < -0.4 is 16.4 Å². The summed E-state index contributed by atoms with van der Waals surface area (Å²) in [4.78, 5) is 21.7. The van der Waals surface area contributed by atoms with E-state index >= 15 is 0 Å². The zero-order chi connectivity index (χ0) is 14.5. The molecule has 7 nitrogen and oxygen atoms in total. The van der Waals surface area contributed by atoms with E-state index in [1.54, 1.807) is 24.3 Å². The lowest BCUT2D eigenvalue weighted by molar-refractivity contribution is -0.384. The molecule has 0 aromatic heterocycles. The van der Waals surface area contributed by atoms with Crippen LogP contribution >= 0.6 is 0 Å². The van der Waals surface area contributed by atoms with E-state index in [1.807, 2.05) is 0 Å². The quantitative estimate of drug-likeness (QED) is 0.453. The molecule has 0 unspecified atom stereocenters. The van der Waals surface area contributed by atoms with Crippen LogP contribution in [0.2, 0.25) is 0 Å². The van der Waals surface area contributed by atoms with E-state index in [2.05, 4.69) is 10.6 Å². The van der Waals surface area contributed by atoms with Gasteiger partial charge in [0.1, 0.15) is 0 Å². The summed E-state index contributed by atoms with van der Waals surface area (Å²) in [7, 11) is 0. The van der Waals surface area contributed by atoms with Crippen molar-refractivity contribution >= 4 is 28.8 Å². The Bertz CT molecular complexity index is 623. The first-order chi connectivity index (χ1) is 9.54. The first-order valence-corrected chi connectivity index (χ1v) is 5.72. The topological polar surface area (TPSA) is 110 Å². The van der Waals surface area contributed by atoms with Crippen molar-refractivity contribution in [3.05, 3.63) is 58.6 Å². The minimum atomic E-state index is -0.502. The molecule has 102 valence electrons. The van der Waals surface area contributed by atoms with E-state index in [-0.39, 0.29) is 5.69 Å². The van der Waals surface area contributed by atoms with Crippen LogP contribution in [0.5, 0.6) is 0 Å². The number of rotatable bonds is 3. The third kappa shape index (κ3) is 3.45. The summed E-state index contributed by atoms with van der Waals surface area (Å²) in [5, 5.41) is 15.7. The van der Waals surface area contributed by atoms with Gasteiger partial charge in [0.15, 0.2) is 0 Å². The Labute approximate surface area is 114 Å². The van der Waals surface area contributed by atoms with Gasteiger partial charge in [-0.2, -0.15) is 0 Å². The molecular weight excluding hydrogens is 260 g/mol. The number of nitrogen functional groups attached to an aromatic ring is 1. The van der Waals surface area contributed by atoms with Crippen LogP contribution in [0.1, 0.15) is 0 Å². The van der Waals surface area contributed by atoms with Crippen molar-refractivity contribution in [2.45, 2.75) is 0 Å². The maximum absolute atomic E-state index is 11.7. The summed E-state index contributed by atoms with van der Waals surface area (Å²) in [6.07, 6.45) is 0. The Kier molecular flexibility index (Phi) is 3.80. The summed E-state index contributed by atoms with van der Waals surface area (Å²) >= 11 is 0. The standard InChI is InChI=1S/C13H12N4O3/c14-9-1-3-10(4-2-9)15-13(18)16-11-5-7-12(8-6-11)17(19)20/h1-8H,14H2,(H2,15,16,18). The summed E-state index contributed by atoms with van der Waals surface area (Å²) in [6.45, 7) is 0. The minimum absolute atomic E-state index is 0.0329. The molecule has 0 heterocycles. The fourth-order valence-electron chi connectivity index (χ4n) is 1.53. The second kappa shape index (κ2) is 5.70. The normalized spacial score (nSPS) is 9.80. The van der Waals surface area contributed by atoms with E-state index < -0.39 is 11.0 Å². The van der Waals surface area contributed by atoms with Crippen molar-refractivity contribution in [1.82, 2.24) is 0 Å². The smallest absolute Gasteiger partial charge is 0.323 e. The number of hydrogen-bond acceptors (Lipinski definition) is 4. The lowest BCUT2D eigenvalue weighted by atomic mass is 10.3. The molecule has 0 atom stereocenters. The van der Waals surface area contributed by atoms with Gasteiger partial charge < -0.3 is 16.4 Å². The van der Waals surface area contributed by atoms with Crippen LogP contribution in [0.25, 0.3) is 0 Å². The molecule has 2 amide bonds. The largest absolute Gasteiger partial charge is 0.399 e. The number of non-ortho nitro benzene ring substituents is 1. The molecule has 20 heavy (non-hydrogen) atoms. The SMILES string of the molecule is Nc1ccc(NC(=O)Nc2ccc([N+](=O)[O-])cc2)cc1. The van der Waals surface area contributed by atoms with Gasteiger partial charge in [0.25, 0.3) is 5.69 Å². The predicted octanol–water partition coefficient (Wildman–Crippen LogP) is 2.82. The number of carbonyl (C=O) groups is 1. The molecule has 0 fully saturated rings. The molecule has 2 rings (SSSR count). The van der Waals surface area contributed by atoms with Crippen molar-refractivity contribution in [3.8, 4) is 0 Å². The number of urea groups is 1. The molecule has 4 N–H and O–H groups in total. The van der Waals surface area contributed by atoms with Crippen molar-refractivity contribution < 1.29 is 9.72 Å². The second-order valence-electron chi connectivity index (χ2n) is 4.01. The van der Waals surface area contributed by atoms with Gasteiger partial charge in [-0.05, 0) is 36.4 Å². The van der Waals surface area contributed by atoms with E-state index in [0.29, 0.717) is 17.1 Å². The molecular formula is C13H12N4O3. The second-order valence-corrected chi connectivity index (χ2v) is 4.01. The van der Waals surface area contributed by atoms with Gasteiger partial charge in [0, 0.05) is 29.2 Å². The lowest BCUT2D eigenvalue weighted by Crippen LogP contribution is -2.19. The summed E-state index contributed by atoms with van der Waals surface area (Å²) in [6, 6.07) is 11.8. The molecule has 0 spiro atoms. The van der Waals surface area contributed by atoms with Gasteiger partial charge in [-0.1, -0.05) is 0 Å². The van der Waals surface area contributed by atoms with Gasteiger partial charge in [-0.3, -0.25) is 10.1 Å². The van der Waals surface area contributed by atoms with Crippen molar-refractivity contribution in [1.29, 1.82) is 0 Å². The molecule has 0 aliphatic heterocycles. The van der Waals surface area contributed by atoms with Crippen LogP contribution in [0.3, 0.4) is 0 Å². The highest BCUT2D eigenvalue weighted by atomic mass is 16.6. The van der Waals surface area contributed by atoms with Crippen molar-refractivity contribution in [2.75, 3.05) is 16.4 Å². The number of amides is 2. The van der Waals surface area contributed by atoms with Gasteiger partial charge in [-0.25, -0.2) is 4.79 Å². The fraction of sp³-hybridized carbons (Fsp3) is 0. The van der Waals surface area contributed by atoms with Gasteiger partial charge in [-0.15, -0.1) is 0 Å². The Morgan fingerprint density at radius 1 is 0.950 bits per heavy atom. The Morgan fingerprint density at radius 3 is 1.85 bits per heavy atom. The molecule has 0 aliphatic rings. The third-order valence-electron chi connectivity index (χ3n) is 2.50. The zero-order valence-electron chi connectivity index (χ0n) is 10.4. The maximum Gasteiger partial charge on any atom is 0.323 e. The molecule has 0 saturated heterocycles. The molecule has 0 bridgehead atoms. The summed E-state index contributed by atoms with van der Waals surface area (Å²) in [5.74, 6) is 0. The molecule has 0 radical (unpaired) electrons. The van der Waals surface area contributed by atoms with Crippen molar-refractivity contribution in [2.24, 2.45) is 0 Å². The predicted molar refractivity (Wildman–Crippen MR) is 76.6 cm³/mol. The highest BCUT2D eigenvalue weighted by Gasteiger charge is 2.06.